The van der Waals surface area contributed by atoms with Crippen molar-refractivity contribution in [1.29, 1.82) is 0 Å². The van der Waals surface area contributed by atoms with Crippen LogP contribution in [-0.2, 0) is 4.79 Å². The third-order valence-electron chi connectivity index (χ3n) is 4.29. The van der Waals surface area contributed by atoms with Gasteiger partial charge in [0.25, 0.3) is 5.91 Å². The van der Waals surface area contributed by atoms with Crippen molar-refractivity contribution >= 4 is 40.3 Å². The van der Waals surface area contributed by atoms with Crippen molar-refractivity contribution in [3.8, 4) is 11.1 Å². The lowest BCUT2D eigenvalue weighted by Gasteiger charge is -2.08. The van der Waals surface area contributed by atoms with E-state index in [0.29, 0.717) is 22.8 Å². The average molecular weight is 389 g/mol. The van der Waals surface area contributed by atoms with Gasteiger partial charge in [-0.3, -0.25) is 14.6 Å². The number of thiophene rings is 1. The summed E-state index contributed by atoms with van der Waals surface area (Å²) in [6.45, 7) is 7.23. The molecule has 0 radical (unpaired) electrons. The number of rotatable bonds is 5. The van der Waals surface area contributed by atoms with E-state index >= 15 is 0 Å². The van der Waals surface area contributed by atoms with Crippen molar-refractivity contribution in [3.63, 3.8) is 0 Å². The highest BCUT2D eigenvalue weighted by atomic mass is 32.1. The minimum absolute atomic E-state index is 0.0607. The maximum Gasteiger partial charge on any atom is 0.255 e. The molecule has 0 aliphatic heterocycles. The first-order valence-electron chi connectivity index (χ1n) is 8.61. The largest absolute Gasteiger partial charge is 0.321 e. The lowest BCUT2D eigenvalue weighted by Crippen LogP contribution is -2.16. The number of pyridine rings is 2. The van der Waals surface area contributed by atoms with Crippen LogP contribution in [0.15, 0.2) is 47.5 Å². The van der Waals surface area contributed by atoms with Gasteiger partial charge in [-0.15, -0.1) is 0 Å². The Morgan fingerprint density at radius 3 is 2.82 bits per heavy atom. The zero-order valence-electron chi connectivity index (χ0n) is 14.7. The van der Waals surface area contributed by atoms with Crippen LogP contribution >= 0.6 is 11.3 Å². The van der Waals surface area contributed by atoms with Crippen LogP contribution in [0.4, 0.5) is 17.2 Å². The molecule has 7 nitrogen and oxygen atoms in total. The number of hydrogen-bond acceptors (Lipinski definition) is 5. The molecular formula is C20H15N5O2S. The molecule has 3 aromatic rings. The molecule has 0 saturated heterocycles. The van der Waals surface area contributed by atoms with Gasteiger partial charge < -0.3 is 10.6 Å². The quantitative estimate of drug-likeness (QED) is 0.635. The highest BCUT2D eigenvalue weighted by Gasteiger charge is 2.29. The third-order valence-corrected chi connectivity index (χ3v) is 5.02. The molecule has 0 aromatic carbocycles. The minimum Gasteiger partial charge on any atom is -0.321 e. The summed E-state index contributed by atoms with van der Waals surface area (Å²) in [5.74, 6) is 0.0225. The van der Waals surface area contributed by atoms with E-state index in [2.05, 4.69) is 25.4 Å². The van der Waals surface area contributed by atoms with Crippen molar-refractivity contribution in [1.82, 2.24) is 9.97 Å². The second-order valence-corrected chi connectivity index (χ2v) is 7.14. The molecule has 2 amide bonds. The molecule has 8 heteroatoms. The second-order valence-electron chi connectivity index (χ2n) is 6.39. The predicted molar refractivity (Wildman–Crippen MR) is 107 cm³/mol. The summed E-state index contributed by atoms with van der Waals surface area (Å²) in [4.78, 5) is 36.2. The van der Waals surface area contributed by atoms with Gasteiger partial charge >= 0.3 is 0 Å². The van der Waals surface area contributed by atoms with Crippen molar-refractivity contribution in [2.75, 3.05) is 10.6 Å². The number of aromatic nitrogens is 2. The molecule has 1 aliphatic rings. The fourth-order valence-electron chi connectivity index (χ4n) is 2.67. The Hall–Kier alpha value is -3.57. The monoisotopic (exact) mass is 389 g/mol. The number of carbonyl (C=O) groups is 2. The molecule has 1 aliphatic carbocycles. The molecule has 1 fully saturated rings. The van der Waals surface area contributed by atoms with Crippen molar-refractivity contribution in [2.45, 2.75) is 12.8 Å². The SMILES string of the molecule is [C-]#[N+]c1cscc1-c1cncc(NC(=O)c2ccnc(NC(=O)C3CC3)c2)c1. The third kappa shape index (κ3) is 3.89. The van der Waals surface area contributed by atoms with Crippen LogP contribution in [0.25, 0.3) is 16.0 Å². The van der Waals surface area contributed by atoms with Crippen LogP contribution in [0, 0.1) is 12.5 Å². The van der Waals surface area contributed by atoms with E-state index in [1.165, 1.54) is 17.5 Å². The molecule has 138 valence electrons. The summed E-state index contributed by atoms with van der Waals surface area (Å²) in [6, 6.07) is 4.90. The maximum atomic E-state index is 12.6. The molecule has 0 unspecified atom stereocenters. The summed E-state index contributed by atoms with van der Waals surface area (Å²) in [7, 11) is 0. The van der Waals surface area contributed by atoms with Gasteiger partial charge in [-0.05, 0) is 52.9 Å². The van der Waals surface area contributed by atoms with Crippen LogP contribution in [0.2, 0.25) is 0 Å². The summed E-state index contributed by atoms with van der Waals surface area (Å²) < 4.78 is 0. The van der Waals surface area contributed by atoms with Gasteiger partial charge in [0.05, 0.1) is 18.5 Å². The first-order valence-corrected chi connectivity index (χ1v) is 9.55. The van der Waals surface area contributed by atoms with Crippen LogP contribution < -0.4 is 10.6 Å². The van der Waals surface area contributed by atoms with E-state index in [-0.39, 0.29) is 17.7 Å². The number of nitrogens with one attached hydrogen (secondary N) is 2. The topological polar surface area (TPSA) is 88.3 Å². The van der Waals surface area contributed by atoms with Crippen molar-refractivity contribution in [3.05, 3.63) is 64.5 Å². The van der Waals surface area contributed by atoms with E-state index in [1.807, 2.05) is 5.38 Å². The molecular weight excluding hydrogens is 374 g/mol. The number of hydrogen-bond donors (Lipinski definition) is 2. The maximum absolute atomic E-state index is 12.6. The molecule has 0 spiro atoms. The van der Waals surface area contributed by atoms with Gasteiger partial charge in [0.15, 0.2) is 0 Å². The normalized spacial score (nSPS) is 12.8. The fourth-order valence-corrected chi connectivity index (χ4v) is 3.44. The minimum atomic E-state index is -0.334. The number of anilines is 2. The Bertz CT molecular complexity index is 1100. The predicted octanol–water partition coefficient (Wildman–Crippen LogP) is 4.36. The van der Waals surface area contributed by atoms with Gasteiger partial charge in [-0.1, -0.05) is 0 Å². The van der Waals surface area contributed by atoms with Crippen LogP contribution in [0.5, 0.6) is 0 Å². The Morgan fingerprint density at radius 1 is 1.18 bits per heavy atom. The van der Waals surface area contributed by atoms with Gasteiger partial charge in [0, 0.05) is 23.9 Å². The van der Waals surface area contributed by atoms with Crippen LogP contribution in [0.1, 0.15) is 23.2 Å². The van der Waals surface area contributed by atoms with Crippen molar-refractivity contribution in [2.24, 2.45) is 5.92 Å². The van der Waals surface area contributed by atoms with E-state index in [0.717, 1.165) is 24.0 Å². The van der Waals surface area contributed by atoms with Crippen LogP contribution in [-0.4, -0.2) is 21.8 Å². The first kappa shape index (κ1) is 17.8. The smallest absolute Gasteiger partial charge is 0.255 e. The summed E-state index contributed by atoms with van der Waals surface area (Å²) >= 11 is 1.44. The fraction of sp³-hybridized carbons (Fsp3) is 0.150. The number of nitrogens with zero attached hydrogens (tertiary/aromatic N) is 3. The highest BCUT2D eigenvalue weighted by Crippen LogP contribution is 2.34. The molecule has 3 heterocycles. The summed E-state index contributed by atoms with van der Waals surface area (Å²) in [5, 5.41) is 9.19. The van der Waals surface area contributed by atoms with Gasteiger partial charge in [0.2, 0.25) is 11.6 Å². The summed E-state index contributed by atoms with van der Waals surface area (Å²) in [6.07, 6.45) is 6.48. The molecule has 0 atom stereocenters. The molecule has 0 bridgehead atoms. The van der Waals surface area contributed by atoms with Crippen LogP contribution in [0.3, 0.4) is 0 Å². The second kappa shape index (κ2) is 7.58. The van der Waals surface area contributed by atoms with E-state index in [1.54, 1.807) is 36.0 Å². The number of amides is 2. The zero-order valence-corrected chi connectivity index (χ0v) is 15.5. The lowest BCUT2D eigenvalue weighted by atomic mass is 10.1. The Labute approximate surface area is 165 Å². The van der Waals surface area contributed by atoms with Crippen molar-refractivity contribution < 1.29 is 9.59 Å². The molecule has 3 aromatic heterocycles. The Morgan fingerprint density at radius 2 is 2.04 bits per heavy atom. The molecule has 28 heavy (non-hydrogen) atoms. The lowest BCUT2D eigenvalue weighted by molar-refractivity contribution is -0.117. The number of carbonyl (C=O) groups excluding carboxylic acids is 2. The van der Waals surface area contributed by atoms with E-state index in [9.17, 15) is 9.59 Å². The van der Waals surface area contributed by atoms with Gasteiger partial charge in [0.1, 0.15) is 5.82 Å². The molecule has 4 rings (SSSR count). The first-order chi connectivity index (χ1) is 13.6. The van der Waals surface area contributed by atoms with E-state index in [4.69, 9.17) is 6.57 Å². The van der Waals surface area contributed by atoms with E-state index < -0.39 is 0 Å². The average Bonchev–Trinajstić information content (AvgIpc) is 3.45. The molecule has 1 saturated carbocycles. The standard InChI is InChI=1S/C20H15N5O2S/c1-21-17-11-28-10-16(17)14-6-15(9-22-8-14)24-20(27)13-4-5-23-18(7-13)25-19(26)12-2-3-12/h4-12H,2-3H2,(H,24,27)(H,23,25,26). The summed E-state index contributed by atoms with van der Waals surface area (Å²) in [5.41, 5.74) is 3.00. The van der Waals surface area contributed by atoms with Gasteiger partial charge in [-0.2, -0.15) is 11.3 Å². The zero-order chi connectivity index (χ0) is 19.5. The molecule has 2 N–H and O–H groups in total. The Kier molecular flexibility index (Phi) is 4.83. The van der Waals surface area contributed by atoms with Gasteiger partial charge in [-0.25, -0.2) is 9.83 Å². The Balaban J connectivity index is 1.50. The highest BCUT2D eigenvalue weighted by molar-refractivity contribution is 7.08.